The number of methoxy groups -OCH3 is 1. The lowest BCUT2D eigenvalue weighted by Crippen LogP contribution is -2.48. The topological polar surface area (TPSA) is 55.8 Å². The molecule has 2 bridgehead atoms. The summed E-state index contributed by atoms with van der Waals surface area (Å²) in [4.78, 5) is 27.2. The monoisotopic (exact) mass is 385 g/mol. The molecule has 3 aliphatic rings. The van der Waals surface area contributed by atoms with Gasteiger partial charge < -0.3 is 9.47 Å². The summed E-state index contributed by atoms with van der Waals surface area (Å²) in [5.41, 5.74) is 1.09. The van der Waals surface area contributed by atoms with Crippen molar-refractivity contribution in [2.24, 2.45) is 5.92 Å². The number of carbonyl (C=O) groups excluding carboxylic acids is 2. The van der Waals surface area contributed by atoms with Crippen molar-refractivity contribution in [3.63, 3.8) is 0 Å². The van der Waals surface area contributed by atoms with Crippen LogP contribution in [0.2, 0.25) is 0 Å². The van der Waals surface area contributed by atoms with E-state index in [9.17, 15) is 9.59 Å². The molecule has 0 N–H and O–H groups in total. The van der Waals surface area contributed by atoms with Crippen molar-refractivity contribution in [2.75, 3.05) is 13.7 Å². The van der Waals surface area contributed by atoms with Crippen molar-refractivity contribution in [3.8, 4) is 0 Å². The molecular formula is C23H31NO4. The quantitative estimate of drug-likeness (QED) is 0.700. The summed E-state index contributed by atoms with van der Waals surface area (Å²) in [6.07, 6.45) is 8.38. The summed E-state index contributed by atoms with van der Waals surface area (Å²) in [6.45, 7) is 0.348. The number of piperidine rings is 1. The van der Waals surface area contributed by atoms with Gasteiger partial charge in [0.05, 0.1) is 19.6 Å². The minimum Gasteiger partial charge on any atom is -0.468 e. The van der Waals surface area contributed by atoms with E-state index in [2.05, 4.69) is 17.0 Å². The molecule has 2 heterocycles. The predicted octanol–water partition coefficient (Wildman–Crippen LogP) is 3.67. The number of fused-ring (bicyclic) bond motifs is 2. The van der Waals surface area contributed by atoms with Gasteiger partial charge in [0.15, 0.2) is 0 Å². The van der Waals surface area contributed by atoms with Crippen molar-refractivity contribution in [1.82, 2.24) is 4.90 Å². The average Bonchev–Trinajstić information content (AvgIpc) is 3.29. The van der Waals surface area contributed by atoms with Crippen LogP contribution in [0.5, 0.6) is 0 Å². The summed E-state index contributed by atoms with van der Waals surface area (Å²) < 4.78 is 10.9. The first-order valence-electron chi connectivity index (χ1n) is 10.7. The van der Waals surface area contributed by atoms with E-state index in [4.69, 9.17) is 9.47 Å². The molecule has 1 aromatic rings. The fourth-order valence-electron chi connectivity index (χ4n) is 5.58. The molecule has 2 aliphatic heterocycles. The van der Waals surface area contributed by atoms with E-state index in [1.807, 2.05) is 18.2 Å². The molecule has 5 nitrogen and oxygen atoms in total. The molecule has 0 spiro atoms. The van der Waals surface area contributed by atoms with Crippen LogP contribution in [0.1, 0.15) is 62.8 Å². The van der Waals surface area contributed by atoms with Gasteiger partial charge in [-0.25, -0.2) is 0 Å². The summed E-state index contributed by atoms with van der Waals surface area (Å²) in [5.74, 6) is 0.0159. The molecule has 28 heavy (non-hydrogen) atoms. The maximum absolute atomic E-state index is 13.2. The van der Waals surface area contributed by atoms with Crippen LogP contribution < -0.4 is 0 Å². The van der Waals surface area contributed by atoms with Crippen molar-refractivity contribution in [2.45, 2.75) is 75.5 Å². The highest BCUT2D eigenvalue weighted by Crippen LogP contribution is 2.40. The lowest BCUT2D eigenvalue weighted by atomic mass is 9.85. The van der Waals surface area contributed by atoms with Gasteiger partial charge in [-0.1, -0.05) is 43.2 Å². The first kappa shape index (κ1) is 19.4. The maximum Gasteiger partial charge on any atom is 0.319 e. The Morgan fingerprint density at radius 1 is 1.04 bits per heavy atom. The van der Waals surface area contributed by atoms with Crippen LogP contribution in [0.25, 0.3) is 0 Å². The van der Waals surface area contributed by atoms with Crippen molar-refractivity contribution < 1.29 is 19.1 Å². The van der Waals surface area contributed by atoms with Gasteiger partial charge in [-0.2, -0.15) is 0 Å². The Balaban J connectivity index is 1.42. The molecule has 4 atom stereocenters. The zero-order valence-corrected chi connectivity index (χ0v) is 16.7. The Bertz CT molecular complexity index is 671. The van der Waals surface area contributed by atoms with Gasteiger partial charge in [-0.15, -0.1) is 0 Å². The van der Waals surface area contributed by atoms with Crippen LogP contribution in [0, 0.1) is 5.92 Å². The summed E-state index contributed by atoms with van der Waals surface area (Å²) in [5, 5.41) is 0. The van der Waals surface area contributed by atoms with E-state index in [-0.39, 0.29) is 24.0 Å². The van der Waals surface area contributed by atoms with E-state index in [0.29, 0.717) is 24.5 Å². The normalized spacial score (nSPS) is 28.8. The molecule has 3 fully saturated rings. The Hall–Kier alpha value is -1.88. The van der Waals surface area contributed by atoms with Crippen molar-refractivity contribution in [1.29, 1.82) is 0 Å². The zero-order chi connectivity index (χ0) is 19.5. The Morgan fingerprint density at radius 2 is 1.68 bits per heavy atom. The van der Waals surface area contributed by atoms with Crippen molar-refractivity contribution >= 4 is 11.9 Å². The molecule has 4 rings (SSSR count). The standard InChI is InChI=1S/C23H31NO4/c1-27-21(25)15-24-18-11-12-19(24)14-20(13-18)28-23(26)22(17-9-5-6-10-17)16-7-3-2-4-8-16/h2-4,7-8,17-20,22H,5-6,9-15H2,1H3/t18-,19+,20?,22?. The molecule has 2 saturated heterocycles. The third-order valence-electron chi connectivity index (χ3n) is 6.95. The minimum atomic E-state index is -0.183. The number of nitrogens with zero attached hydrogens (tertiary/aromatic N) is 1. The Morgan fingerprint density at radius 3 is 2.29 bits per heavy atom. The van der Waals surface area contributed by atoms with Crippen LogP contribution in [0.15, 0.2) is 30.3 Å². The number of carbonyl (C=O) groups is 2. The maximum atomic E-state index is 13.2. The van der Waals surface area contributed by atoms with Gasteiger partial charge in [-0.05, 0) is 37.2 Å². The second-order valence-electron chi connectivity index (χ2n) is 8.60. The highest BCUT2D eigenvalue weighted by Gasteiger charge is 2.44. The van der Waals surface area contributed by atoms with Crippen LogP contribution in [-0.4, -0.2) is 48.7 Å². The smallest absolute Gasteiger partial charge is 0.319 e. The molecule has 0 aromatic heterocycles. The molecular weight excluding hydrogens is 354 g/mol. The van der Waals surface area contributed by atoms with Gasteiger partial charge in [0.2, 0.25) is 0 Å². The molecule has 0 amide bonds. The third kappa shape index (κ3) is 4.09. The highest BCUT2D eigenvalue weighted by molar-refractivity contribution is 5.79. The fraction of sp³-hybridized carbons (Fsp3) is 0.652. The number of esters is 2. The molecule has 1 saturated carbocycles. The summed E-state index contributed by atoms with van der Waals surface area (Å²) >= 11 is 0. The Kier molecular flexibility index (Phi) is 6.00. The van der Waals surface area contributed by atoms with Gasteiger partial charge in [0.25, 0.3) is 0 Å². The van der Waals surface area contributed by atoms with E-state index in [1.165, 1.54) is 20.0 Å². The largest absolute Gasteiger partial charge is 0.468 e. The minimum absolute atomic E-state index is 0.0356. The average molecular weight is 386 g/mol. The number of hydrogen-bond acceptors (Lipinski definition) is 5. The molecule has 152 valence electrons. The second-order valence-corrected chi connectivity index (χ2v) is 8.60. The first-order valence-corrected chi connectivity index (χ1v) is 10.7. The number of benzene rings is 1. The Labute approximate surface area is 167 Å². The SMILES string of the molecule is COC(=O)CN1[C@@H]2CC[C@H]1CC(OC(=O)C(c1ccccc1)C1CCCC1)C2. The van der Waals surface area contributed by atoms with E-state index >= 15 is 0 Å². The predicted molar refractivity (Wildman–Crippen MR) is 106 cm³/mol. The van der Waals surface area contributed by atoms with Gasteiger partial charge in [-0.3, -0.25) is 14.5 Å². The number of hydrogen-bond donors (Lipinski definition) is 0. The van der Waals surface area contributed by atoms with Gasteiger partial charge >= 0.3 is 11.9 Å². The number of ether oxygens (including phenoxy) is 2. The first-order chi connectivity index (χ1) is 13.7. The zero-order valence-electron chi connectivity index (χ0n) is 16.7. The van der Waals surface area contributed by atoms with E-state index < -0.39 is 0 Å². The summed E-state index contributed by atoms with van der Waals surface area (Å²) in [6, 6.07) is 10.8. The molecule has 1 aromatic carbocycles. The lowest BCUT2D eigenvalue weighted by Gasteiger charge is -2.38. The number of rotatable bonds is 6. The summed E-state index contributed by atoms with van der Waals surface area (Å²) in [7, 11) is 1.44. The van der Waals surface area contributed by atoms with Crippen LogP contribution in [-0.2, 0) is 19.1 Å². The molecule has 5 heteroatoms. The van der Waals surface area contributed by atoms with Crippen molar-refractivity contribution in [3.05, 3.63) is 35.9 Å². The second kappa shape index (κ2) is 8.64. The van der Waals surface area contributed by atoms with E-state index in [1.54, 1.807) is 0 Å². The van der Waals surface area contributed by atoms with Gasteiger partial charge in [0, 0.05) is 24.9 Å². The van der Waals surface area contributed by atoms with E-state index in [0.717, 1.165) is 44.1 Å². The third-order valence-corrected chi connectivity index (χ3v) is 6.95. The van der Waals surface area contributed by atoms with Crippen LogP contribution >= 0.6 is 0 Å². The van der Waals surface area contributed by atoms with Crippen LogP contribution in [0.4, 0.5) is 0 Å². The van der Waals surface area contributed by atoms with Gasteiger partial charge in [0.1, 0.15) is 6.10 Å². The fourth-order valence-corrected chi connectivity index (χ4v) is 5.58. The molecule has 1 aliphatic carbocycles. The molecule has 2 unspecified atom stereocenters. The molecule has 0 radical (unpaired) electrons. The lowest BCUT2D eigenvalue weighted by molar-refractivity contribution is -0.157. The highest BCUT2D eigenvalue weighted by atomic mass is 16.5. The van der Waals surface area contributed by atoms with Crippen LogP contribution in [0.3, 0.4) is 0 Å².